The molecule has 45 heavy (non-hydrogen) atoms. The second-order valence-corrected chi connectivity index (χ2v) is 14.9. The van der Waals surface area contributed by atoms with Crippen molar-refractivity contribution in [2.45, 2.75) is 24.3 Å². The molecule has 6 aromatic rings. The first kappa shape index (κ1) is 30.3. The van der Waals surface area contributed by atoms with Gasteiger partial charge in [-0.3, -0.25) is 0 Å². The summed E-state index contributed by atoms with van der Waals surface area (Å²) in [5, 5.41) is 2.88. The van der Waals surface area contributed by atoms with Crippen LogP contribution in [0.4, 0.5) is 0 Å². The molecule has 0 aliphatic carbocycles. The zero-order chi connectivity index (χ0) is 30.5. The summed E-state index contributed by atoms with van der Waals surface area (Å²) in [6, 6.07) is 60.5. The molecule has 0 fully saturated rings. The molecule has 224 valence electrons. The van der Waals surface area contributed by atoms with E-state index in [1.807, 2.05) is 72.8 Å². The lowest BCUT2D eigenvalue weighted by molar-refractivity contribution is 0.00606. The van der Waals surface area contributed by atoms with E-state index in [9.17, 15) is 0 Å². The molecule has 0 N–H and O–H groups in total. The first-order valence-corrected chi connectivity index (χ1v) is 19.1. The van der Waals surface area contributed by atoms with Gasteiger partial charge in [-0.25, -0.2) is 0 Å². The van der Waals surface area contributed by atoms with E-state index in [-0.39, 0.29) is 12.2 Å². The minimum absolute atomic E-state index is 0.0651. The summed E-state index contributed by atoms with van der Waals surface area (Å²) in [6.07, 6.45) is -0.130. The maximum Gasteiger partial charge on any atom is 0.127 e. The molecular weight excluding hydrogens is 585 g/mol. The van der Waals surface area contributed by atoms with Crippen LogP contribution in [-0.4, -0.2) is 19.0 Å². The quantitative estimate of drug-likeness (QED) is 0.116. The third kappa shape index (κ3) is 9.16. The highest BCUT2D eigenvalue weighted by molar-refractivity contribution is 6.54. The standard InChI is InChI=1S/C40H38O3Si2/c1-5-17-33(18-6-1)41-35-21-13-15-31(27-35)39(29-44-37-23-9-3-10-24-37)43-40(30-45-38-25-11-4-12-26-38)32-16-14-22-36(28-32)42-34-19-7-2-8-20-34/h1-28,39-40H,29-30,44-45H2. The Morgan fingerprint density at radius 1 is 0.378 bits per heavy atom. The monoisotopic (exact) mass is 622 g/mol. The molecule has 0 aliphatic rings. The first-order chi connectivity index (χ1) is 22.3. The van der Waals surface area contributed by atoms with Crippen LogP contribution in [0.25, 0.3) is 0 Å². The van der Waals surface area contributed by atoms with Gasteiger partial charge in [-0.15, -0.1) is 0 Å². The van der Waals surface area contributed by atoms with Crippen molar-refractivity contribution in [3.63, 3.8) is 0 Å². The fourth-order valence-electron chi connectivity index (χ4n) is 5.52. The van der Waals surface area contributed by atoms with E-state index < -0.39 is 19.0 Å². The second kappa shape index (κ2) is 15.9. The third-order valence-electron chi connectivity index (χ3n) is 7.82. The Hall–Kier alpha value is -4.69. The number of hydrogen-bond acceptors (Lipinski definition) is 3. The van der Waals surface area contributed by atoms with E-state index in [2.05, 4.69) is 97.1 Å². The largest absolute Gasteiger partial charge is 0.457 e. The summed E-state index contributed by atoms with van der Waals surface area (Å²) < 4.78 is 19.7. The molecule has 0 bridgehead atoms. The van der Waals surface area contributed by atoms with E-state index in [1.165, 1.54) is 10.4 Å². The summed E-state index contributed by atoms with van der Waals surface area (Å²) in [6.45, 7) is 0. The molecule has 5 heteroatoms. The van der Waals surface area contributed by atoms with E-state index in [4.69, 9.17) is 14.2 Å². The minimum Gasteiger partial charge on any atom is -0.457 e. The van der Waals surface area contributed by atoms with Crippen molar-refractivity contribution >= 4 is 29.4 Å². The van der Waals surface area contributed by atoms with Gasteiger partial charge in [0.25, 0.3) is 0 Å². The highest BCUT2D eigenvalue weighted by atomic mass is 28.2. The van der Waals surface area contributed by atoms with Crippen LogP contribution in [0, 0.1) is 0 Å². The fraction of sp³-hybridized carbons (Fsp3) is 0.100. The van der Waals surface area contributed by atoms with E-state index in [0.717, 1.165) is 46.2 Å². The summed E-state index contributed by atoms with van der Waals surface area (Å²) in [5.74, 6) is 3.30. The lowest BCUT2D eigenvalue weighted by Gasteiger charge is -2.27. The predicted molar refractivity (Wildman–Crippen MR) is 191 cm³/mol. The number of hydrogen-bond donors (Lipinski definition) is 0. The Morgan fingerprint density at radius 3 is 1.13 bits per heavy atom. The smallest absolute Gasteiger partial charge is 0.127 e. The molecule has 0 aliphatic heterocycles. The van der Waals surface area contributed by atoms with Gasteiger partial charge in [-0.1, -0.05) is 132 Å². The van der Waals surface area contributed by atoms with Crippen molar-refractivity contribution in [1.29, 1.82) is 0 Å². The van der Waals surface area contributed by atoms with Gasteiger partial charge >= 0.3 is 0 Å². The average Bonchev–Trinajstić information content (AvgIpc) is 3.10. The summed E-state index contributed by atoms with van der Waals surface area (Å²) in [7, 11) is -1.17. The third-order valence-corrected chi connectivity index (χ3v) is 11.5. The number of ether oxygens (including phenoxy) is 3. The second-order valence-electron chi connectivity index (χ2n) is 11.1. The predicted octanol–water partition coefficient (Wildman–Crippen LogP) is 7.90. The lowest BCUT2D eigenvalue weighted by atomic mass is 10.1. The highest BCUT2D eigenvalue weighted by Gasteiger charge is 2.22. The highest BCUT2D eigenvalue weighted by Crippen LogP contribution is 2.35. The zero-order valence-electron chi connectivity index (χ0n) is 25.4. The van der Waals surface area contributed by atoms with Crippen molar-refractivity contribution in [1.82, 2.24) is 0 Å². The minimum atomic E-state index is -0.586. The average molecular weight is 623 g/mol. The molecule has 0 amide bonds. The molecule has 3 nitrogen and oxygen atoms in total. The number of para-hydroxylation sites is 2. The number of rotatable bonds is 14. The molecule has 0 spiro atoms. The van der Waals surface area contributed by atoms with E-state index in [0.29, 0.717) is 0 Å². The summed E-state index contributed by atoms with van der Waals surface area (Å²) in [5.41, 5.74) is 2.30. The van der Waals surface area contributed by atoms with Gasteiger partial charge in [0.15, 0.2) is 0 Å². The van der Waals surface area contributed by atoms with Gasteiger partial charge in [0, 0.05) is 0 Å². The Kier molecular flexibility index (Phi) is 10.7. The molecule has 0 radical (unpaired) electrons. The zero-order valence-corrected chi connectivity index (χ0v) is 28.2. The SMILES string of the molecule is c1ccc(Oc2cccc(C(C[SiH2]c3ccccc3)OC(C[SiH2]c3ccccc3)c3cccc(Oc4ccccc4)c3)c2)cc1. The van der Waals surface area contributed by atoms with Gasteiger partial charge < -0.3 is 14.2 Å². The summed E-state index contributed by atoms with van der Waals surface area (Å²) >= 11 is 0. The van der Waals surface area contributed by atoms with Gasteiger partial charge in [-0.05, 0) is 71.7 Å². The van der Waals surface area contributed by atoms with Crippen LogP contribution in [0.1, 0.15) is 23.3 Å². The molecule has 2 atom stereocenters. The normalized spacial score (nSPS) is 12.8. The van der Waals surface area contributed by atoms with Crippen LogP contribution < -0.4 is 19.8 Å². The van der Waals surface area contributed by atoms with Crippen LogP contribution >= 0.6 is 0 Å². The van der Waals surface area contributed by atoms with Crippen molar-refractivity contribution in [2.75, 3.05) is 0 Å². The van der Waals surface area contributed by atoms with Crippen LogP contribution in [0.5, 0.6) is 23.0 Å². The van der Waals surface area contributed by atoms with Crippen molar-refractivity contribution in [3.05, 3.63) is 181 Å². The number of benzene rings is 6. The molecule has 0 saturated heterocycles. The van der Waals surface area contributed by atoms with Crippen molar-refractivity contribution in [3.8, 4) is 23.0 Å². The Labute approximate surface area is 271 Å². The maximum absolute atomic E-state index is 7.23. The van der Waals surface area contributed by atoms with Crippen LogP contribution in [0.2, 0.25) is 12.1 Å². The molecule has 0 aromatic heterocycles. The Bertz CT molecular complexity index is 1600. The molecule has 0 saturated carbocycles. The molecule has 2 unspecified atom stereocenters. The van der Waals surface area contributed by atoms with Gasteiger partial charge in [0.05, 0.1) is 31.2 Å². The Morgan fingerprint density at radius 2 is 0.733 bits per heavy atom. The molecule has 6 rings (SSSR count). The summed E-state index contributed by atoms with van der Waals surface area (Å²) in [4.78, 5) is 0. The van der Waals surface area contributed by atoms with Gasteiger partial charge in [0.1, 0.15) is 23.0 Å². The first-order valence-electron chi connectivity index (χ1n) is 15.7. The van der Waals surface area contributed by atoms with Crippen LogP contribution in [-0.2, 0) is 4.74 Å². The fourth-order valence-corrected chi connectivity index (χ4v) is 8.86. The molecule has 0 heterocycles. The van der Waals surface area contributed by atoms with Crippen molar-refractivity contribution < 1.29 is 14.2 Å². The Balaban J connectivity index is 1.30. The van der Waals surface area contributed by atoms with Gasteiger partial charge in [-0.2, -0.15) is 0 Å². The molecule has 6 aromatic carbocycles. The maximum atomic E-state index is 7.23. The van der Waals surface area contributed by atoms with Gasteiger partial charge in [0.2, 0.25) is 0 Å². The van der Waals surface area contributed by atoms with Crippen LogP contribution in [0.3, 0.4) is 0 Å². The van der Waals surface area contributed by atoms with Crippen LogP contribution in [0.15, 0.2) is 170 Å². The van der Waals surface area contributed by atoms with E-state index >= 15 is 0 Å². The van der Waals surface area contributed by atoms with Crippen molar-refractivity contribution in [2.24, 2.45) is 0 Å². The molecular formula is C40H38O3Si2. The lowest BCUT2D eigenvalue weighted by Crippen LogP contribution is -2.21. The topological polar surface area (TPSA) is 27.7 Å². The van der Waals surface area contributed by atoms with E-state index in [1.54, 1.807) is 0 Å².